The van der Waals surface area contributed by atoms with Crippen LogP contribution in [0.4, 0.5) is 8.78 Å². The number of hydrogen-bond donors (Lipinski definition) is 1. The fourth-order valence-electron chi connectivity index (χ4n) is 1.09. The lowest BCUT2D eigenvalue weighted by molar-refractivity contribution is 0.128. The largest absolute Gasteiger partial charge is 0.324 e. The van der Waals surface area contributed by atoms with Gasteiger partial charge in [0.15, 0.2) is 0 Å². The van der Waals surface area contributed by atoms with Gasteiger partial charge in [-0.15, -0.1) is 12.4 Å². The van der Waals surface area contributed by atoms with Gasteiger partial charge in [0.1, 0.15) is 0 Å². The Balaban J connectivity index is 0.00000169. The van der Waals surface area contributed by atoms with Crippen LogP contribution >= 0.6 is 24.0 Å². The van der Waals surface area contributed by atoms with E-state index in [0.29, 0.717) is 10.6 Å². The van der Waals surface area contributed by atoms with E-state index in [4.69, 9.17) is 17.3 Å². The van der Waals surface area contributed by atoms with Gasteiger partial charge in [0.25, 0.3) is 0 Å². The predicted molar refractivity (Wildman–Crippen MR) is 56.2 cm³/mol. The zero-order valence-corrected chi connectivity index (χ0v) is 8.86. The highest BCUT2D eigenvalue weighted by atomic mass is 35.5. The van der Waals surface area contributed by atoms with E-state index in [1.807, 2.05) is 0 Å². The SMILES string of the molecule is Cl.N[C@H](CC(F)F)c1ccccc1Cl. The fourth-order valence-corrected chi connectivity index (χ4v) is 1.37. The van der Waals surface area contributed by atoms with Gasteiger partial charge < -0.3 is 5.73 Å². The first kappa shape index (κ1) is 13.6. The average molecular weight is 242 g/mol. The summed E-state index contributed by atoms with van der Waals surface area (Å²) in [5.41, 5.74) is 6.11. The standard InChI is InChI=1S/C9H10ClF2N.ClH/c10-7-4-2-1-3-6(7)8(13)5-9(11)12;/h1-4,8-9H,5,13H2;1H/t8-;/m1./s1. The zero-order valence-electron chi connectivity index (χ0n) is 7.29. The van der Waals surface area contributed by atoms with E-state index in [-0.39, 0.29) is 18.8 Å². The lowest BCUT2D eigenvalue weighted by atomic mass is 10.1. The normalized spacial score (nSPS) is 12.4. The van der Waals surface area contributed by atoms with Gasteiger partial charge in [0.2, 0.25) is 6.43 Å². The zero-order chi connectivity index (χ0) is 9.84. The van der Waals surface area contributed by atoms with Gasteiger partial charge in [-0.2, -0.15) is 0 Å². The number of alkyl halides is 2. The molecule has 0 aromatic heterocycles. The number of hydrogen-bond acceptors (Lipinski definition) is 1. The molecule has 0 aliphatic carbocycles. The molecule has 0 saturated carbocycles. The van der Waals surface area contributed by atoms with Crippen molar-refractivity contribution < 1.29 is 8.78 Å². The van der Waals surface area contributed by atoms with Gasteiger partial charge in [0.05, 0.1) is 0 Å². The molecule has 0 amide bonds. The first-order valence-corrected chi connectivity index (χ1v) is 4.27. The van der Waals surface area contributed by atoms with Crippen LogP contribution in [0.25, 0.3) is 0 Å². The molecule has 80 valence electrons. The Kier molecular flexibility index (Phi) is 6.00. The monoisotopic (exact) mass is 241 g/mol. The third kappa shape index (κ3) is 3.78. The Bertz CT molecular complexity index is 281. The maximum atomic E-state index is 12.0. The molecule has 1 aromatic carbocycles. The highest BCUT2D eigenvalue weighted by Crippen LogP contribution is 2.24. The van der Waals surface area contributed by atoms with Crippen LogP contribution < -0.4 is 5.73 Å². The Morgan fingerprint density at radius 3 is 2.36 bits per heavy atom. The molecule has 14 heavy (non-hydrogen) atoms. The summed E-state index contributed by atoms with van der Waals surface area (Å²) in [5.74, 6) is 0. The Labute approximate surface area is 92.7 Å². The molecule has 0 radical (unpaired) electrons. The van der Waals surface area contributed by atoms with E-state index in [0.717, 1.165) is 0 Å². The minimum atomic E-state index is -2.40. The lowest BCUT2D eigenvalue weighted by Crippen LogP contribution is -2.14. The van der Waals surface area contributed by atoms with Crippen LogP contribution in [0.5, 0.6) is 0 Å². The quantitative estimate of drug-likeness (QED) is 0.863. The smallest absolute Gasteiger partial charge is 0.240 e. The van der Waals surface area contributed by atoms with Crippen molar-refractivity contribution in [2.75, 3.05) is 0 Å². The van der Waals surface area contributed by atoms with Crippen molar-refractivity contribution in [2.45, 2.75) is 18.9 Å². The van der Waals surface area contributed by atoms with Crippen molar-refractivity contribution in [3.05, 3.63) is 34.9 Å². The third-order valence-corrected chi connectivity index (χ3v) is 2.08. The first-order valence-electron chi connectivity index (χ1n) is 3.89. The van der Waals surface area contributed by atoms with E-state index >= 15 is 0 Å². The summed E-state index contributed by atoms with van der Waals surface area (Å²) in [4.78, 5) is 0. The predicted octanol–water partition coefficient (Wildman–Crippen LogP) is 3.42. The first-order chi connectivity index (χ1) is 6.11. The molecule has 0 saturated heterocycles. The van der Waals surface area contributed by atoms with Crippen molar-refractivity contribution in [2.24, 2.45) is 5.73 Å². The minimum Gasteiger partial charge on any atom is -0.324 e. The maximum absolute atomic E-state index is 12.0. The molecule has 0 aliphatic heterocycles. The van der Waals surface area contributed by atoms with E-state index in [1.165, 1.54) is 0 Å². The number of rotatable bonds is 3. The van der Waals surface area contributed by atoms with Crippen LogP contribution in [0.15, 0.2) is 24.3 Å². The summed E-state index contributed by atoms with van der Waals surface area (Å²) in [7, 11) is 0. The highest BCUT2D eigenvalue weighted by Gasteiger charge is 2.14. The molecule has 0 aliphatic rings. The Morgan fingerprint density at radius 2 is 1.86 bits per heavy atom. The van der Waals surface area contributed by atoms with Crippen LogP contribution in [0, 0.1) is 0 Å². The van der Waals surface area contributed by atoms with Crippen LogP contribution in [-0.2, 0) is 0 Å². The van der Waals surface area contributed by atoms with Gasteiger partial charge >= 0.3 is 0 Å². The molecule has 5 heteroatoms. The third-order valence-electron chi connectivity index (χ3n) is 1.74. The second-order valence-corrected chi connectivity index (χ2v) is 3.16. The van der Waals surface area contributed by atoms with Crippen LogP contribution in [-0.4, -0.2) is 6.43 Å². The molecule has 1 rings (SSSR count). The second-order valence-electron chi connectivity index (χ2n) is 2.75. The van der Waals surface area contributed by atoms with Crippen molar-refractivity contribution in [3.63, 3.8) is 0 Å². The molecule has 0 unspecified atom stereocenters. The van der Waals surface area contributed by atoms with Crippen molar-refractivity contribution in [3.8, 4) is 0 Å². The van der Waals surface area contributed by atoms with E-state index in [1.54, 1.807) is 24.3 Å². The molecule has 0 fully saturated rings. The van der Waals surface area contributed by atoms with Gasteiger partial charge in [0, 0.05) is 17.5 Å². The molecule has 1 nitrogen and oxygen atoms in total. The van der Waals surface area contributed by atoms with Gasteiger partial charge in [-0.1, -0.05) is 29.8 Å². The summed E-state index contributed by atoms with van der Waals surface area (Å²) < 4.78 is 24.0. The van der Waals surface area contributed by atoms with E-state index in [2.05, 4.69) is 0 Å². The van der Waals surface area contributed by atoms with Gasteiger partial charge in [-0.05, 0) is 11.6 Å². The summed E-state index contributed by atoms with van der Waals surface area (Å²) >= 11 is 5.78. The maximum Gasteiger partial charge on any atom is 0.240 e. The number of nitrogens with two attached hydrogens (primary N) is 1. The Hall–Kier alpha value is -0.380. The molecular weight excluding hydrogens is 231 g/mol. The van der Waals surface area contributed by atoms with Crippen molar-refractivity contribution in [1.29, 1.82) is 0 Å². The second kappa shape index (κ2) is 6.17. The van der Waals surface area contributed by atoms with Crippen LogP contribution in [0.1, 0.15) is 18.0 Å². The average Bonchev–Trinajstić information content (AvgIpc) is 2.03. The molecule has 0 bridgehead atoms. The van der Waals surface area contributed by atoms with Crippen molar-refractivity contribution in [1.82, 2.24) is 0 Å². The molecule has 0 spiro atoms. The molecule has 0 heterocycles. The van der Waals surface area contributed by atoms with E-state index in [9.17, 15) is 8.78 Å². The summed E-state index contributed by atoms with van der Waals surface area (Å²) in [6.07, 6.45) is -2.75. The fraction of sp³-hybridized carbons (Fsp3) is 0.333. The topological polar surface area (TPSA) is 26.0 Å². The summed E-state index contributed by atoms with van der Waals surface area (Å²) in [6, 6.07) is 6.08. The number of benzene rings is 1. The van der Waals surface area contributed by atoms with Crippen LogP contribution in [0.3, 0.4) is 0 Å². The minimum absolute atomic E-state index is 0. The molecule has 1 aromatic rings. The number of halogens is 4. The Morgan fingerprint density at radius 1 is 1.29 bits per heavy atom. The van der Waals surface area contributed by atoms with Crippen molar-refractivity contribution >= 4 is 24.0 Å². The molecule has 1 atom stereocenters. The molecular formula is C9H11Cl2F2N. The summed E-state index contributed by atoms with van der Waals surface area (Å²) in [5, 5.41) is 0.440. The highest BCUT2D eigenvalue weighted by molar-refractivity contribution is 6.31. The summed E-state index contributed by atoms with van der Waals surface area (Å²) in [6.45, 7) is 0. The van der Waals surface area contributed by atoms with E-state index < -0.39 is 12.5 Å². The van der Waals surface area contributed by atoms with Crippen LogP contribution in [0.2, 0.25) is 5.02 Å². The van der Waals surface area contributed by atoms with Gasteiger partial charge in [-0.3, -0.25) is 0 Å². The van der Waals surface area contributed by atoms with Gasteiger partial charge in [-0.25, -0.2) is 8.78 Å². The molecule has 2 N–H and O–H groups in total. The lowest BCUT2D eigenvalue weighted by Gasteiger charge is -2.12.